The summed E-state index contributed by atoms with van der Waals surface area (Å²) in [7, 11) is 1.29. The molecule has 0 aliphatic heterocycles. The number of aromatic nitrogens is 1. The highest BCUT2D eigenvalue weighted by Gasteiger charge is 2.17. The quantitative estimate of drug-likeness (QED) is 0.593. The molecule has 2 aromatic heterocycles. The first-order valence-corrected chi connectivity index (χ1v) is 9.69. The molecular weight excluding hydrogens is 396 g/mol. The molecule has 29 heavy (non-hydrogen) atoms. The molecule has 0 fully saturated rings. The molecule has 0 radical (unpaired) electrons. The molecule has 0 bridgehead atoms. The Morgan fingerprint density at radius 1 is 1.21 bits per heavy atom. The summed E-state index contributed by atoms with van der Waals surface area (Å²) < 4.78 is 17.5. The van der Waals surface area contributed by atoms with Crippen LogP contribution in [-0.4, -0.2) is 36.1 Å². The maximum absolute atomic E-state index is 12.7. The summed E-state index contributed by atoms with van der Waals surface area (Å²) in [5.41, 5.74) is 1.39. The smallest absolute Gasteiger partial charge is 0.338 e. The number of rotatable bonds is 5. The lowest BCUT2D eigenvalue weighted by Crippen LogP contribution is -2.22. The molecule has 1 aromatic carbocycles. The number of ether oxygens (including phenoxy) is 2. The predicted octanol–water partition coefficient (Wildman–Crippen LogP) is 3.00. The Balaban J connectivity index is 2.14. The zero-order chi connectivity index (χ0) is 21.1. The van der Waals surface area contributed by atoms with E-state index in [0.29, 0.717) is 37.7 Å². The Bertz CT molecular complexity index is 1170. The van der Waals surface area contributed by atoms with Gasteiger partial charge in [0.25, 0.3) is 5.91 Å². The average Bonchev–Trinajstić information content (AvgIpc) is 3.20. The van der Waals surface area contributed by atoms with E-state index in [4.69, 9.17) is 13.9 Å². The number of carbonyl (C=O) groups is 3. The van der Waals surface area contributed by atoms with Crippen molar-refractivity contribution in [3.8, 4) is 0 Å². The Labute approximate surface area is 170 Å². The van der Waals surface area contributed by atoms with E-state index in [-0.39, 0.29) is 13.2 Å². The number of methoxy groups -OCH3 is 1. The minimum absolute atomic E-state index is 0.120. The van der Waals surface area contributed by atoms with Crippen LogP contribution in [0, 0.1) is 13.8 Å². The number of carbonyl (C=O) groups excluding carboxylic acids is 3. The summed E-state index contributed by atoms with van der Waals surface area (Å²) in [6, 6.07) is 6.58. The monoisotopic (exact) mass is 416 g/mol. The summed E-state index contributed by atoms with van der Waals surface area (Å²) in [4.78, 5) is 41.1. The highest BCUT2D eigenvalue weighted by atomic mass is 32.1. The fourth-order valence-electron chi connectivity index (χ4n) is 2.84. The largest absolute Gasteiger partial charge is 0.468 e. The van der Waals surface area contributed by atoms with Gasteiger partial charge in [0.2, 0.25) is 0 Å². The third kappa shape index (κ3) is 4.29. The Hall–Kier alpha value is -3.20. The molecule has 8 nitrogen and oxygen atoms in total. The number of benzene rings is 1. The van der Waals surface area contributed by atoms with Crippen LogP contribution in [0.4, 0.5) is 0 Å². The van der Waals surface area contributed by atoms with E-state index in [1.807, 2.05) is 0 Å². The van der Waals surface area contributed by atoms with Gasteiger partial charge in [0.15, 0.2) is 4.80 Å². The van der Waals surface area contributed by atoms with Gasteiger partial charge in [-0.05, 0) is 45.0 Å². The van der Waals surface area contributed by atoms with E-state index in [9.17, 15) is 14.4 Å². The summed E-state index contributed by atoms with van der Waals surface area (Å²) in [5, 5.41) is 0. The number of amides is 1. The second kappa shape index (κ2) is 8.44. The summed E-state index contributed by atoms with van der Waals surface area (Å²) >= 11 is 1.19. The molecule has 9 heteroatoms. The molecule has 152 valence electrons. The molecular formula is C20H20N2O6S. The third-order valence-electron chi connectivity index (χ3n) is 4.18. The molecule has 0 spiro atoms. The maximum atomic E-state index is 12.7. The van der Waals surface area contributed by atoms with Crippen molar-refractivity contribution in [3.05, 3.63) is 51.7 Å². The van der Waals surface area contributed by atoms with Crippen LogP contribution in [0.3, 0.4) is 0 Å². The highest BCUT2D eigenvalue weighted by molar-refractivity contribution is 7.16. The third-order valence-corrected chi connectivity index (χ3v) is 5.22. The number of hydrogen-bond donors (Lipinski definition) is 0. The molecule has 3 rings (SSSR count). The van der Waals surface area contributed by atoms with Crippen LogP contribution in [0.5, 0.6) is 0 Å². The minimum atomic E-state index is -0.483. The van der Waals surface area contributed by atoms with E-state index in [1.165, 1.54) is 18.4 Å². The molecule has 0 unspecified atom stereocenters. The molecule has 1 amide bonds. The van der Waals surface area contributed by atoms with Crippen molar-refractivity contribution >= 4 is 39.4 Å². The lowest BCUT2D eigenvalue weighted by molar-refractivity contribution is -0.141. The summed E-state index contributed by atoms with van der Waals surface area (Å²) in [6.07, 6.45) is 0. The minimum Gasteiger partial charge on any atom is -0.468 e. The van der Waals surface area contributed by atoms with Gasteiger partial charge < -0.3 is 18.5 Å². The maximum Gasteiger partial charge on any atom is 0.338 e. The number of esters is 2. The Morgan fingerprint density at radius 2 is 1.97 bits per heavy atom. The number of nitrogens with zero attached hydrogens (tertiary/aromatic N) is 2. The first-order valence-electron chi connectivity index (χ1n) is 8.87. The fourth-order valence-corrected chi connectivity index (χ4v) is 3.90. The number of thiazole rings is 1. The first kappa shape index (κ1) is 20.5. The number of hydrogen-bond acceptors (Lipinski definition) is 7. The van der Waals surface area contributed by atoms with Crippen molar-refractivity contribution in [1.29, 1.82) is 0 Å². The zero-order valence-corrected chi connectivity index (χ0v) is 17.3. The van der Waals surface area contributed by atoms with Gasteiger partial charge in [0, 0.05) is 0 Å². The SMILES string of the molecule is CCOC(=O)c1ccc2c(c1)sc(=NC(=O)c1cc(C)oc1C)n2CC(=O)OC. The molecule has 0 aliphatic carbocycles. The van der Waals surface area contributed by atoms with Crippen LogP contribution >= 0.6 is 11.3 Å². The van der Waals surface area contributed by atoms with Crippen molar-refractivity contribution < 1.29 is 28.3 Å². The highest BCUT2D eigenvalue weighted by Crippen LogP contribution is 2.21. The number of aryl methyl sites for hydroxylation is 2. The number of fused-ring (bicyclic) bond motifs is 1. The second-order valence-electron chi connectivity index (χ2n) is 6.19. The standard InChI is InChI=1S/C20H20N2O6S/c1-5-27-19(25)13-6-7-15-16(9-13)29-20(22(15)10-17(23)26-4)21-18(24)14-8-11(2)28-12(14)3/h6-9H,5,10H2,1-4H3. The van der Waals surface area contributed by atoms with Gasteiger partial charge in [-0.25, -0.2) is 4.79 Å². The second-order valence-corrected chi connectivity index (χ2v) is 7.20. The van der Waals surface area contributed by atoms with Gasteiger partial charge in [-0.15, -0.1) is 0 Å². The molecule has 2 heterocycles. The first-order chi connectivity index (χ1) is 13.8. The molecule has 0 aliphatic rings. The van der Waals surface area contributed by atoms with Gasteiger partial charge in [-0.3, -0.25) is 9.59 Å². The van der Waals surface area contributed by atoms with E-state index >= 15 is 0 Å². The fraction of sp³-hybridized carbons (Fsp3) is 0.300. The van der Waals surface area contributed by atoms with Crippen LogP contribution in [0.2, 0.25) is 0 Å². The predicted molar refractivity (Wildman–Crippen MR) is 106 cm³/mol. The van der Waals surface area contributed by atoms with Crippen molar-refractivity contribution in [1.82, 2.24) is 4.57 Å². The van der Waals surface area contributed by atoms with Crippen LogP contribution in [0.1, 0.15) is 39.2 Å². The molecule has 0 saturated heterocycles. The Kier molecular flexibility index (Phi) is 5.97. The average molecular weight is 416 g/mol. The van der Waals surface area contributed by atoms with Crippen molar-refractivity contribution in [2.24, 2.45) is 4.99 Å². The normalized spacial score (nSPS) is 11.7. The van der Waals surface area contributed by atoms with Gasteiger partial charge in [-0.1, -0.05) is 11.3 Å². The van der Waals surface area contributed by atoms with Gasteiger partial charge in [0.05, 0.1) is 35.1 Å². The van der Waals surface area contributed by atoms with E-state index in [2.05, 4.69) is 4.99 Å². The lowest BCUT2D eigenvalue weighted by Gasteiger charge is -2.05. The molecule has 0 saturated carbocycles. The van der Waals surface area contributed by atoms with E-state index in [0.717, 1.165) is 0 Å². The van der Waals surface area contributed by atoms with Crippen LogP contribution < -0.4 is 4.80 Å². The molecule has 0 N–H and O–H groups in total. The zero-order valence-electron chi connectivity index (χ0n) is 16.5. The van der Waals surface area contributed by atoms with Gasteiger partial charge in [-0.2, -0.15) is 4.99 Å². The topological polar surface area (TPSA) is 100 Å². The van der Waals surface area contributed by atoms with E-state index in [1.54, 1.807) is 49.6 Å². The van der Waals surface area contributed by atoms with Crippen LogP contribution in [0.15, 0.2) is 33.7 Å². The van der Waals surface area contributed by atoms with Gasteiger partial charge in [0.1, 0.15) is 18.1 Å². The lowest BCUT2D eigenvalue weighted by atomic mass is 10.2. The summed E-state index contributed by atoms with van der Waals surface area (Å²) in [6.45, 7) is 5.31. The van der Waals surface area contributed by atoms with Crippen molar-refractivity contribution in [2.45, 2.75) is 27.3 Å². The summed E-state index contributed by atoms with van der Waals surface area (Å²) in [5.74, 6) is -0.319. The van der Waals surface area contributed by atoms with E-state index < -0.39 is 17.8 Å². The Morgan fingerprint density at radius 3 is 2.59 bits per heavy atom. The van der Waals surface area contributed by atoms with Crippen molar-refractivity contribution in [3.63, 3.8) is 0 Å². The van der Waals surface area contributed by atoms with Crippen LogP contribution in [0.25, 0.3) is 10.2 Å². The molecule has 0 atom stereocenters. The van der Waals surface area contributed by atoms with Crippen molar-refractivity contribution in [2.75, 3.05) is 13.7 Å². The number of furan rings is 1. The van der Waals surface area contributed by atoms with Gasteiger partial charge >= 0.3 is 11.9 Å². The molecule has 3 aromatic rings. The van der Waals surface area contributed by atoms with Crippen LogP contribution in [-0.2, 0) is 20.8 Å².